The number of nitro groups is 2. The Balaban J connectivity index is 0.000000221. The number of rotatable bonds is 10. The second kappa shape index (κ2) is 45.0. The van der Waals surface area contributed by atoms with Crippen LogP contribution in [0.4, 0.5) is 56.9 Å². The number of hydrogen-bond acceptors (Lipinski definition) is 27. The third-order valence-electron chi connectivity index (χ3n) is 18.1. The maximum atomic E-state index is 11.0. The van der Waals surface area contributed by atoms with Crippen LogP contribution in [0.3, 0.4) is 0 Å². The van der Waals surface area contributed by atoms with Crippen LogP contribution in [0, 0.1) is 27.2 Å². The van der Waals surface area contributed by atoms with E-state index in [0.717, 1.165) is 177 Å². The number of imidazole rings is 2. The van der Waals surface area contributed by atoms with Crippen LogP contribution < -0.4 is 53.2 Å². The number of aliphatic hydroxyl groups excluding tert-OH is 3. The van der Waals surface area contributed by atoms with Crippen molar-refractivity contribution in [3.8, 4) is 0 Å². The fourth-order valence-corrected chi connectivity index (χ4v) is 12.3. The average molecular weight is 1490 g/mol. The highest BCUT2D eigenvalue weighted by Crippen LogP contribution is 2.35. The lowest BCUT2D eigenvalue weighted by atomic mass is 10.1. The summed E-state index contributed by atoms with van der Waals surface area (Å²) in [5, 5.41) is 59.3. The molecule has 106 heavy (non-hydrogen) atoms. The summed E-state index contributed by atoms with van der Waals surface area (Å²) >= 11 is 5.50. The van der Waals surface area contributed by atoms with Gasteiger partial charge in [-0.25, -0.2) is 14.8 Å². The van der Waals surface area contributed by atoms with E-state index >= 15 is 0 Å². The number of aliphatic hydroxyl groups is 3. The molecule has 3 aromatic heterocycles. The molecule has 6 fully saturated rings. The van der Waals surface area contributed by atoms with Crippen molar-refractivity contribution in [1.82, 2.24) is 60.1 Å². The van der Waals surface area contributed by atoms with Crippen molar-refractivity contribution in [3.05, 3.63) is 157 Å². The van der Waals surface area contributed by atoms with Gasteiger partial charge in [0.25, 0.3) is 0 Å². The zero-order valence-corrected chi connectivity index (χ0v) is 62.2. The molecule has 32 nitrogen and oxygen atoms in total. The number of nitrogens with zero attached hydrogens (tertiary/aromatic N) is 14. The van der Waals surface area contributed by atoms with Crippen LogP contribution in [0.15, 0.2) is 109 Å². The summed E-state index contributed by atoms with van der Waals surface area (Å²) in [6, 6.07) is 32.2. The molecule has 33 heteroatoms. The largest absolute Gasteiger partial charge is 0.480 e. The topological polar surface area (TPSA) is 429 Å². The van der Waals surface area contributed by atoms with Crippen molar-refractivity contribution in [2.45, 2.75) is 39.8 Å². The third-order valence-corrected chi connectivity index (χ3v) is 18.5. The number of benzene rings is 5. The Kier molecular flexibility index (Phi) is 37.0. The number of aliphatic carboxylic acids is 1. The van der Waals surface area contributed by atoms with Crippen molar-refractivity contribution in [3.63, 3.8) is 0 Å². The minimum atomic E-state index is -1.19. The number of hydrogen-bond donors (Lipinski definition) is 12. The number of anilines is 8. The second-order valence-electron chi connectivity index (χ2n) is 25.7. The van der Waals surface area contributed by atoms with E-state index < -0.39 is 22.4 Å². The first-order chi connectivity index (χ1) is 50.5. The molecule has 0 saturated carbocycles. The van der Waals surface area contributed by atoms with Crippen LogP contribution in [0.1, 0.15) is 54.0 Å². The number of H-pyrrole nitrogens is 2. The van der Waals surface area contributed by atoms with Gasteiger partial charge in [-0.2, -0.15) is 0 Å². The van der Waals surface area contributed by atoms with E-state index in [9.17, 15) is 25.0 Å². The van der Waals surface area contributed by atoms with Gasteiger partial charge in [-0.05, 0) is 134 Å². The number of fused-ring (bicyclic) bond motifs is 2. The summed E-state index contributed by atoms with van der Waals surface area (Å²) in [7, 11) is 11.6. The van der Waals surface area contributed by atoms with Gasteiger partial charge in [0, 0.05) is 150 Å². The minimum absolute atomic E-state index is 0. The van der Waals surface area contributed by atoms with Gasteiger partial charge >= 0.3 is 17.3 Å². The molecule has 16 N–H and O–H groups in total. The van der Waals surface area contributed by atoms with Gasteiger partial charge in [0.2, 0.25) is 0 Å². The van der Waals surface area contributed by atoms with Gasteiger partial charge < -0.3 is 108 Å². The van der Waals surface area contributed by atoms with E-state index in [1.54, 1.807) is 24.3 Å². The number of carbonyl (C=O) groups is 2. The molecule has 5 aromatic carbocycles. The molecule has 0 bridgehead atoms. The Morgan fingerprint density at radius 3 is 1.40 bits per heavy atom. The van der Waals surface area contributed by atoms with Crippen LogP contribution in [-0.4, -0.2) is 278 Å². The number of piperazine rings is 5. The molecule has 9 heterocycles. The van der Waals surface area contributed by atoms with Crippen LogP contribution in [0.2, 0.25) is 5.02 Å². The number of halogens is 1. The molecule has 0 radical (unpaired) electrons. The van der Waals surface area contributed by atoms with Crippen molar-refractivity contribution in [2.24, 2.45) is 0 Å². The molecule has 0 aliphatic carbocycles. The number of aromatic nitrogens is 5. The smallest absolute Gasteiger partial charge is 0.329 e. The Morgan fingerprint density at radius 1 is 0.566 bits per heavy atom. The summed E-state index contributed by atoms with van der Waals surface area (Å²) in [4.78, 5) is 80.1. The van der Waals surface area contributed by atoms with E-state index in [-0.39, 0.29) is 41.8 Å². The summed E-state index contributed by atoms with van der Waals surface area (Å²) in [5.41, 5.74) is 34.5. The number of nitrogen functional groups attached to an aromatic ring is 4. The molecule has 0 spiro atoms. The summed E-state index contributed by atoms with van der Waals surface area (Å²) in [6.07, 6.45) is 5.15. The zero-order chi connectivity index (χ0) is 76.5. The molecule has 0 amide bonds. The molecule has 1 atom stereocenters. The number of para-hydroxylation sites is 5. The fourth-order valence-electron chi connectivity index (χ4n) is 12.1. The lowest BCUT2D eigenvalue weighted by molar-refractivity contribution is -0.383. The number of carboxylic acids is 1. The molecule has 6 aliphatic rings. The van der Waals surface area contributed by atoms with Crippen molar-refractivity contribution in [2.75, 3.05) is 229 Å². The van der Waals surface area contributed by atoms with Gasteiger partial charge in [0.1, 0.15) is 52.2 Å². The number of nitrogens with two attached hydrogens (primary N) is 4. The number of pyridine rings is 1. The standard InChI is InChI=1S/C13H18N4O.C13H16N4O.C11H16N4O2.C11H18N4.C10H14N2.C6H5ClN2O2.C5H12N2.C2H4O3.CH4O.CH4/c2*1-16-5-7-17(8-6-16)11-4-2-3-10-13(11)15-12(9-18)14-10;1-13-5-7-14(8-6-13)10-4-2-3-9(12)11(10)15(16)17;1-14-5-7-15(8-6-14)10-4-2-3-9(12)11(10)13;1-8-4-2-7-12-10(8)9-5-3-6-11-9;7-4-2-1-3-5(8)6(4)9(10)11;1-7-4-2-6-3-5-7;3-1-2(4)5;1-2;/h2-4,18H,5-9H2,1H3,(H,14,15);2-4,9H,5-8H2,1H3,(H,14,15);2-4H,5-8,12H2,1H3;2-4H,5-8,12-13H2,1H3;2,4,7,9,11H,3,5-6H2,1H3;1-3H,8H2;6H,2-5H2,1H3;3H,1H2,(H,4,5);2H,1H3;1H4. The molecule has 6 aliphatic heterocycles. The van der Waals surface area contributed by atoms with E-state index in [4.69, 9.17) is 59.8 Å². The second-order valence-corrected chi connectivity index (χ2v) is 26.1. The summed E-state index contributed by atoms with van der Waals surface area (Å²) in [6.45, 7) is 23.1. The average Bonchev–Trinajstić information content (AvgIpc) is 1.63. The van der Waals surface area contributed by atoms with Crippen LogP contribution >= 0.6 is 11.6 Å². The number of carboxylic acid groups (broad SMARTS) is 1. The monoisotopic (exact) mass is 1490 g/mol. The van der Waals surface area contributed by atoms with Crippen molar-refractivity contribution in [1.29, 1.82) is 0 Å². The first kappa shape index (κ1) is 87.1. The first-order valence-corrected chi connectivity index (χ1v) is 35.3. The van der Waals surface area contributed by atoms with Gasteiger partial charge in [0.15, 0.2) is 12.1 Å². The number of aryl methyl sites for hydroxylation is 1. The molecular formula is C73H111ClN22O10. The molecule has 1 unspecified atom stereocenters. The normalized spacial score (nSPS) is 16.9. The lowest BCUT2D eigenvalue weighted by Gasteiger charge is -2.34. The number of likely N-dealkylation sites (N-methyl/N-ethyl adjacent to an activating group) is 5. The highest BCUT2D eigenvalue weighted by atomic mass is 35.5. The number of carbonyl (C=O) groups excluding carboxylic acids is 1. The summed E-state index contributed by atoms with van der Waals surface area (Å²) < 4.78 is 0. The van der Waals surface area contributed by atoms with E-state index in [1.807, 2.05) is 66.7 Å². The Labute approximate surface area is 626 Å². The first-order valence-electron chi connectivity index (χ1n) is 34.9. The summed E-state index contributed by atoms with van der Waals surface area (Å²) in [5.74, 6) is -0.164. The molecular weight excluding hydrogens is 1380 g/mol. The zero-order valence-electron chi connectivity index (χ0n) is 61.4. The van der Waals surface area contributed by atoms with Gasteiger partial charge in [0.05, 0.1) is 55.0 Å². The number of nitrogens with one attached hydrogen (secondary N) is 4. The molecule has 8 aromatic rings. The minimum Gasteiger partial charge on any atom is -0.480 e. The van der Waals surface area contributed by atoms with Gasteiger partial charge in [-0.15, -0.1) is 0 Å². The van der Waals surface area contributed by atoms with Gasteiger partial charge in [-0.1, -0.05) is 55.4 Å². The highest BCUT2D eigenvalue weighted by molar-refractivity contribution is 6.33. The predicted molar refractivity (Wildman–Crippen MR) is 427 cm³/mol. The molecule has 14 rings (SSSR count). The van der Waals surface area contributed by atoms with Crippen LogP contribution in [-0.2, 0) is 11.4 Å². The van der Waals surface area contributed by atoms with Crippen LogP contribution in [0.5, 0.6) is 0 Å². The van der Waals surface area contributed by atoms with Crippen molar-refractivity contribution >= 4 is 103 Å². The maximum Gasteiger partial charge on any atom is 0.329 e. The van der Waals surface area contributed by atoms with E-state index in [1.165, 1.54) is 49.3 Å². The SMILES string of the molecule is C.CN1CCN(c2cccc(N)c2N)CC1.CN1CCN(c2cccc(N)c2[N+](=O)[O-])CC1.CN1CCN(c2cccc3[nH]c(C=O)nc23)CC1.CN1CCN(c2cccc3[nH]c(CO)nc23)CC1.CN1CCNCC1.CO.Cc1cccnc1C1CCCN1.Nc1cccc(Cl)c1[N+](=O)[O-].O=C(O)CO. The van der Waals surface area contributed by atoms with Gasteiger partial charge in [-0.3, -0.25) is 30.0 Å². The number of aromatic amines is 2. The molecule has 6 saturated heterocycles. The van der Waals surface area contributed by atoms with Crippen molar-refractivity contribution < 1.29 is 39.9 Å². The quantitative estimate of drug-likeness (QED) is 0.0326. The Hall–Kier alpha value is -9.58. The fraction of sp³-hybridized carbons (Fsp3) is 0.466. The Morgan fingerprint density at radius 2 is 0.981 bits per heavy atom. The third kappa shape index (κ3) is 26.5. The highest BCUT2D eigenvalue weighted by Gasteiger charge is 2.26. The van der Waals surface area contributed by atoms with Crippen LogP contribution in [0.25, 0.3) is 22.1 Å². The van der Waals surface area contributed by atoms with E-state index in [2.05, 4.69) is 128 Å². The number of aldehydes is 1. The molecule has 580 valence electrons. The number of nitro benzene ring substituents is 2. The van der Waals surface area contributed by atoms with E-state index in [0.29, 0.717) is 34.8 Å². The Bertz CT molecular complexity index is 3940. The maximum absolute atomic E-state index is 11.0. The predicted octanol–water partition coefficient (Wildman–Crippen LogP) is 5.94. The lowest BCUT2D eigenvalue weighted by Crippen LogP contribution is -2.44.